The third-order valence-corrected chi connectivity index (χ3v) is 5.21. The summed E-state index contributed by atoms with van der Waals surface area (Å²) >= 11 is 0. The molecule has 1 aliphatic rings. The van der Waals surface area contributed by atoms with Crippen LogP contribution in [0.4, 0.5) is 4.39 Å². The van der Waals surface area contributed by atoms with Gasteiger partial charge in [-0.3, -0.25) is 9.59 Å². The number of carboxylic acid groups (broad SMARTS) is 1. The Morgan fingerprint density at radius 1 is 1.21 bits per heavy atom. The van der Waals surface area contributed by atoms with E-state index in [1.807, 2.05) is 24.5 Å². The molecule has 2 heterocycles. The number of hydrogen-bond acceptors (Lipinski definition) is 3. The number of carbonyl (C=O) groups is 2. The fourth-order valence-corrected chi connectivity index (χ4v) is 3.78. The van der Waals surface area contributed by atoms with Crippen LogP contribution in [0.3, 0.4) is 0 Å². The lowest BCUT2D eigenvalue weighted by molar-refractivity contribution is -0.137. The molecule has 6 nitrogen and oxygen atoms in total. The standard InChI is InChI=1S/C21H25FN2O4/c1-14-13-19(15(2)24(14)18-5-3-16(22)4-6-18)21(27)23(10-7-20(25)26)17-8-11-28-12-9-17/h3-6,13,17H,7-12H2,1-2H3,(H,25,26). The Morgan fingerprint density at radius 2 is 1.86 bits per heavy atom. The minimum Gasteiger partial charge on any atom is -0.481 e. The Bertz CT molecular complexity index is 854. The summed E-state index contributed by atoms with van der Waals surface area (Å²) in [4.78, 5) is 26.1. The normalized spacial score (nSPS) is 14.8. The molecule has 0 aliphatic carbocycles. The molecular formula is C21H25FN2O4. The summed E-state index contributed by atoms with van der Waals surface area (Å²) in [5, 5.41) is 9.09. The molecule has 1 N–H and O–H groups in total. The summed E-state index contributed by atoms with van der Waals surface area (Å²) in [5.74, 6) is -1.42. The molecule has 2 aromatic rings. The molecule has 1 saturated heterocycles. The number of halogens is 1. The van der Waals surface area contributed by atoms with Gasteiger partial charge in [0.15, 0.2) is 0 Å². The molecule has 28 heavy (non-hydrogen) atoms. The minimum absolute atomic E-state index is 0.0329. The minimum atomic E-state index is -0.929. The molecule has 0 radical (unpaired) electrons. The molecule has 0 saturated carbocycles. The summed E-state index contributed by atoms with van der Waals surface area (Å²) < 4.78 is 20.6. The van der Waals surface area contributed by atoms with Crippen molar-refractivity contribution in [3.05, 3.63) is 53.1 Å². The first kappa shape index (κ1) is 20.1. The number of nitrogens with zero attached hydrogens (tertiary/aromatic N) is 2. The quantitative estimate of drug-likeness (QED) is 0.824. The van der Waals surface area contributed by atoms with Crippen molar-refractivity contribution in [2.75, 3.05) is 19.8 Å². The third kappa shape index (κ3) is 4.25. The summed E-state index contributed by atoms with van der Waals surface area (Å²) in [7, 11) is 0. The molecule has 7 heteroatoms. The molecule has 1 amide bonds. The summed E-state index contributed by atoms with van der Waals surface area (Å²) in [6, 6.07) is 7.89. The number of ether oxygens (including phenoxy) is 1. The van der Waals surface area contributed by atoms with Gasteiger partial charge in [-0.25, -0.2) is 4.39 Å². The van der Waals surface area contributed by atoms with Crippen LogP contribution in [-0.2, 0) is 9.53 Å². The maximum absolute atomic E-state index is 13.3. The third-order valence-electron chi connectivity index (χ3n) is 5.21. The van der Waals surface area contributed by atoms with Crippen LogP contribution in [0.15, 0.2) is 30.3 Å². The van der Waals surface area contributed by atoms with Crippen molar-refractivity contribution in [2.45, 2.75) is 39.2 Å². The van der Waals surface area contributed by atoms with E-state index >= 15 is 0 Å². The lowest BCUT2D eigenvalue weighted by Crippen LogP contribution is -2.44. The van der Waals surface area contributed by atoms with Gasteiger partial charge in [0.05, 0.1) is 12.0 Å². The van der Waals surface area contributed by atoms with Crippen LogP contribution in [0.5, 0.6) is 0 Å². The van der Waals surface area contributed by atoms with Crippen LogP contribution in [-0.4, -0.2) is 52.3 Å². The molecule has 150 valence electrons. The van der Waals surface area contributed by atoms with E-state index in [4.69, 9.17) is 9.84 Å². The maximum Gasteiger partial charge on any atom is 0.305 e. The maximum atomic E-state index is 13.3. The predicted octanol–water partition coefficient (Wildman–Crippen LogP) is 3.33. The number of aryl methyl sites for hydroxylation is 1. The van der Waals surface area contributed by atoms with Gasteiger partial charge in [0.1, 0.15) is 5.82 Å². The zero-order valence-corrected chi connectivity index (χ0v) is 16.2. The number of carboxylic acids is 1. The lowest BCUT2D eigenvalue weighted by atomic mass is 10.0. The van der Waals surface area contributed by atoms with Gasteiger partial charge in [-0.2, -0.15) is 0 Å². The highest BCUT2D eigenvalue weighted by atomic mass is 19.1. The van der Waals surface area contributed by atoms with Crippen molar-refractivity contribution in [3.63, 3.8) is 0 Å². The van der Waals surface area contributed by atoms with Crippen molar-refractivity contribution in [2.24, 2.45) is 0 Å². The van der Waals surface area contributed by atoms with Crippen LogP contribution >= 0.6 is 0 Å². The number of hydrogen-bond donors (Lipinski definition) is 1. The van der Waals surface area contributed by atoms with Crippen LogP contribution in [0, 0.1) is 19.7 Å². The van der Waals surface area contributed by atoms with Crippen molar-refractivity contribution >= 4 is 11.9 Å². The highest BCUT2D eigenvalue weighted by molar-refractivity contribution is 5.96. The second-order valence-corrected chi connectivity index (χ2v) is 7.08. The van der Waals surface area contributed by atoms with E-state index < -0.39 is 5.97 Å². The van der Waals surface area contributed by atoms with Gasteiger partial charge in [0, 0.05) is 42.9 Å². The molecule has 1 aliphatic heterocycles. The van der Waals surface area contributed by atoms with E-state index in [0.29, 0.717) is 31.6 Å². The zero-order chi connectivity index (χ0) is 20.3. The van der Waals surface area contributed by atoms with Gasteiger partial charge in [-0.05, 0) is 57.0 Å². The van der Waals surface area contributed by atoms with Crippen molar-refractivity contribution in [1.82, 2.24) is 9.47 Å². The van der Waals surface area contributed by atoms with Gasteiger partial charge in [0.25, 0.3) is 5.91 Å². The molecular weight excluding hydrogens is 363 g/mol. The van der Waals surface area contributed by atoms with Crippen molar-refractivity contribution < 1.29 is 23.8 Å². The largest absolute Gasteiger partial charge is 0.481 e. The van der Waals surface area contributed by atoms with E-state index in [2.05, 4.69) is 0 Å². The monoisotopic (exact) mass is 388 g/mol. The Hall–Kier alpha value is -2.67. The van der Waals surface area contributed by atoms with Crippen molar-refractivity contribution in [1.29, 1.82) is 0 Å². The average molecular weight is 388 g/mol. The second-order valence-electron chi connectivity index (χ2n) is 7.08. The van der Waals surface area contributed by atoms with E-state index in [9.17, 15) is 14.0 Å². The van der Waals surface area contributed by atoms with Gasteiger partial charge in [0.2, 0.25) is 0 Å². The first-order chi connectivity index (χ1) is 13.4. The first-order valence-electron chi connectivity index (χ1n) is 9.44. The van der Waals surface area contributed by atoms with Crippen LogP contribution in [0.25, 0.3) is 5.69 Å². The Balaban J connectivity index is 1.93. The lowest BCUT2D eigenvalue weighted by Gasteiger charge is -2.34. The molecule has 0 spiro atoms. The topological polar surface area (TPSA) is 71.8 Å². The van der Waals surface area contributed by atoms with E-state index in [1.165, 1.54) is 12.1 Å². The van der Waals surface area contributed by atoms with E-state index in [0.717, 1.165) is 17.1 Å². The van der Waals surface area contributed by atoms with E-state index in [-0.39, 0.29) is 30.7 Å². The average Bonchev–Trinajstić information content (AvgIpc) is 2.97. The predicted molar refractivity (Wildman–Crippen MR) is 102 cm³/mol. The smallest absolute Gasteiger partial charge is 0.305 e. The second kappa shape index (κ2) is 8.56. The molecule has 1 fully saturated rings. The van der Waals surface area contributed by atoms with Crippen LogP contribution in [0.1, 0.15) is 41.0 Å². The molecule has 1 aromatic carbocycles. The van der Waals surface area contributed by atoms with E-state index in [1.54, 1.807) is 17.0 Å². The van der Waals surface area contributed by atoms with Gasteiger partial charge in [-0.15, -0.1) is 0 Å². The SMILES string of the molecule is Cc1cc(C(=O)N(CCC(=O)O)C2CCOCC2)c(C)n1-c1ccc(F)cc1. The first-order valence-corrected chi connectivity index (χ1v) is 9.44. The Morgan fingerprint density at radius 3 is 2.46 bits per heavy atom. The van der Waals surface area contributed by atoms with Crippen LogP contribution < -0.4 is 0 Å². The number of benzene rings is 1. The highest BCUT2D eigenvalue weighted by Crippen LogP contribution is 2.25. The molecule has 0 unspecified atom stereocenters. The number of aromatic nitrogens is 1. The van der Waals surface area contributed by atoms with Gasteiger partial charge < -0.3 is 19.3 Å². The fourth-order valence-electron chi connectivity index (χ4n) is 3.78. The Labute approximate surface area is 163 Å². The molecule has 1 aromatic heterocycles. The van der Waals surface area contributed by atoms with Crippen molar-refractivity contribution in [3.8, 4) is 5.69 Å². The fraction of sp³-hybridized carbons (Fsp3) is 0.429. The number of amides is 1. The number of carbonyl (C=O) groups excluding carboxylic acids is 1. The summed E-state index contributed by atoms with van der Waals surface area (Å²) in [6.07, 6.45) is 1.30. The van der Waals surface area contributed by atoms with Gasteiger partial charge >= 0.3 is 5.97 Å². The molecule has 0 bridgehead atoms. The molecule has 0 atom stereocenters. The van der Waals surface area contributed by atoms with Gasteiger partial charge in [-0.1, -0.05) is 0 Å². The number of rotatable bonds is 6. The zero-order valence-electron chi connectivity index (χ0n) is 16.2. The van der Waals surface area contributed by atoms with Crippen LogP contribution in [0.2, 0.25) is 0 Å². The highest BCUT2D eigenvalue weighted by Gasteiger charge is 2.29. The summed E-state index contributed by atoms with van der Waals surface area (Å²) in [5.41, 5.74) is 2.93. The Kier molecular flexibility index (Phi) is 6.14. The molecule has 3 rings (SSSR count). The number of aliphatic carboxylic acids is 1. The summed E-state index contributed by atoms with van der Waals surface area (Å²) in [6.45, 7) is 5.04.